The Morgan fingerprint density at radius 3 is 0.286 bits per heavy atom. The topological polar surface area (TPSA) is 189 Å². The fraction of sp³-hybridized carbons (Fsp3) is 0. The molecule has 0 spiro atoms. The van der Waals surface area contributed by atoms with Crippen LogP contribution in [-0.2, 0) is 17.1 Å². The zero-order valence-electron chi connectivity index (χ0n) is 3.38. The second-order valence-electron chi connectivity index (χ2n) is 0. The summed E-state index contributed by atoms with van der Waals surface area (Å²) >= 11 is 0. The Kier molecular flexibility index (Phi) is 1180000. The largest absolute Gasteiger partial charge is 2.00 e. The van der Waals surface area contributed by atoms with Crippen LogP contribution in [0.2, 0.25) is 0 Å². The van der Waals surface area contributed by atoms with Crippen LogP contribution < -0.4 is 0 Å². The van der Waals surface area contributed by atoms with E-state index in [9.17, 15) is 0 Å². The second-order valence-corrected chi connectivity index (χ2v) is 0. The maximum Gasteiger partial charge on any atom is 2.00 e. The SMILES string of the molecule is O.O.O.O.O.O.[Mn+2]. The molecule has 0 rings (SSSR count). The standard InChI is InChI=1S/Mn.6H2O/h;6*1H2/q+2;;;;;;. The number of rotatable bonds is 0. The second kappa shape index (κ2) is 2240. The minimum Gasteiger partial charge on any atom is -0.412 e. The van der Waals surface area contributed by atoms with Gasteiger partial charge >= 0.3 is 17.1 Å². The molecule has 0 heterocycles. The molecule has 0 aromatic carbocycles. The van der Waals surface area contributed by atoms with E-state index in [4.69, 9.17) is 0 Å². The average Bonchev–Trinajstić information content (AvgIpc) is 0. The first-order chi connectivity index (χ1) is 0. The van der Waals surface area contributed by atoms with Crippen molar-refractivity contribution in [1.29, 1.82) is 0 Å². The van der Waals surface area contributed by atoms with Crippen molar-refractivity contribution < 1.29 is 49.9 Å². The van der Waals surface area contributed by atoms with Crippen LogP contribution in [0.3, 0.4) is 0 Å². The molecular weight excluding hydrogens is 151 g/mol. The Balaban J connectivity index is 0. The van der Waals surface area contributed by atoms with Gasteiger partial charge in [0.25, 0.3) is 0 Å². The molecule has 0 saturated heterocycles. The van der Waals surface area contributed by atoms with Gasteiger partial charge in [-0.15, -0.1) is 0 Å². The van der Waals surface area contributed by atoms with Gasteiger partial charge in [-0.3, -0.25) is 0 Å². The van der Waals surface area contributed by atoms with Crippen molar-refractivity contribution in [3.05, 3.63) is 0 Å². The van der Waals surface area contributed by atoms with E-state index in [1.54, 1.807) is 0 Å². The van der Waals surface area contributed by atoms with Gasteiger partial charge in [0.15, 0.2) is 0 Å². The van der Waals surface area contributed by atoms with Gasteiger partial charge < -0.3 is 32.9 Å². The molecule has 6 nitrogen and oxygen atoms in total. The summed E-state index contributed by atoms with van der Waals surface area (Å²) in [4.78, 5) is 0. The van der Waals surface area contributed by atoms with Gasteiger partial charge in [0.1, 0.15) is 0 Å². The molecule has 0 amide bonds. The quantitative estimate of drug-likeness (QED) is 0.309. The molecule has 0 aromatic rings. The van der Waals surface area contributed by atoms with Crippen LogP contribution in [-0.4, -0.2) is 32.9 Å². The Morgan fingerprint density at radius 1 is 0.286 bits per heavy atom. The van der Waals surface area contributed by atoms with Crippen LogP contribution >= 0.6 is 0 Å². The first-order valence-corrected chi connectivity index (χ1v) is 0. The normalized spacial score (nSPS) is 0. The van der Waals surface area contributed by atoms with Crippen molar-refractivity contribution in [2.45, 2.75) is 0 Å². The zero-order valence-corrected chi connectivity index (χ0v) is 4.56. The first kappa shape index (κ1) is 3670. The smallest absolute Gasteiger partial charge is 0.412 e. The molecule has 0 atom stereocenters. The molecule has 0 aliphatic carbocycles. The number of hydrogen-bond acceptors (Lipinski definition) is 0. The Morgan fingerprint density at radius 2 is 0.286 bits per heavy atom. The molecule has 1 radical (unpaired) electrons. The van der Waals surface area contributed by atoms with Gasteiger partial charge in [-0.05, 0) is 0 Å². The minimum absolute atomic E-state index is 0. The molecule has 0 fully saturated rings. The third-order valence-electron chi connectivity index (χ3n) is 0. The summed E-state index contributed by atoms with van der Waals surface area (Å²) in [5.41, 5.74) is 0. The minimum atomic E-state index is 0. The van der Waals surface area contributed by atoms with Gasteiger partial charge in [-0.25, -0.2) is 0 Å². The van der Waals surface area contributed by atoms with Gasteiger partial charge in [-0.1, -0.05) is 0 Å². The van der Waals surface area contributed by atoms with E-state index < -0.39 is 0 Å². The molecule has 12 N–H and O–H groups in total. The average molecular weight is 163 g/mol. The summed E-state index contributed by atoms with van der Waals surface area (Å²) in [5.74, 6) is 0. The monoisotopic (exact) mass is 163 g/mol. The molecule has 0 aliphatic heterocycles. The fourth-order valence-electron chi connectivity index (χ4n) is 0. The molecule has 0 unspecified atom stereocenters. The van der Waals surface area contributed by atoms with Crippen molar-refractivity contribution in [1.82, 2.24) is 0 Å². The van der Waals surface area contributed by atoms with Gasteiger partial charge in [0.05, 0.1) is 0 Å². The predicted molar refractivity (Wildman–Crippen MR) is 21.7 cm³/mol. The van der Waals surface area contributed by atoms with Crippen LogP contribution in [0, 0.1) is 0 Å². The summed E-state index contributed by atoms with van der Waals surface area (Å²) in [6.07, 6.45) is 0. The molecule has 7 heavy (non-hydrogen) atoms. The van der Waals surface area contributed by atoms with Crippen molar-refractivity contribution >= 4 is 0 Å². The van der Waals surface area contributed by atoms with Gasteiger partial charge in [0, 0.05) is 0 Å². The Labute approximate surface area is 50.8 Å². The Hall–Kier alpha value is 0.279. The molecule has 7 heteroatoms. The maximum atomic E-state index is 0. The summed E-state index contributed by atoms with van der Waals surface area (Å²) in [7, 11) is 0. The zero-order chi connectivity index (χ0) is 0. The summed E-state index contributed by atoms with van der Waals surface area (Å²) in [6.45, 7) is 0. The summed E-state index contributed by atoms with van der Waals surface area (Å²) < 4.78 is 0. The van der Waals surface area contributed by atoms with E-state index in [1.807, 2.05) is 0 Å². The van der Waals surface area contributed by atoms with Crippen molar-refractivity contribution in [3.63, 3.8) is 0 Å². The molecule has 0 aromatic heterocycles. The van der Waals surface area contributed by atoms with Crippen LogP contribution in [0.15, 0.2) is 0 Å². The first-order valence-electron chi connectivity index (χ1n) is 0. The molecule has 53 valence electrons. The van der Waals surface area contributed by atoms with Gasteiger partial charge in [-0.2, -0.15) is 0 Å². The van der Waals surface area contributed by atoms with E-state index in [0.29, 0.717) is 0 Å². The van der Waals surface area contributed by atoms with Crippen molar-refractivity contribution in [2.24, 2.45) is 0 Å². The van der Waals surface area contributed by atoms with E-state index in [-0.39, 0.29) is 49.9 Å². The Bertz CT molecular complexity index is 4.14. The predicted octanol–water partition coefficient (Wildman–Crippen LogP) is -4.95. The fourth-order valence-corrected chi connectivity index (χ4v) is 0. The summed E-state index contributed by atoms with van der Waals surface area (Å²) in [5, 5.41) is 0. The van der Waals surface area contributed by atoms with E-state index in [0.717, 1.165) is 0 Å². The van der Waals surface area contributed by atoms with Crippen molar-refractivity contribution in [2.75, 3.05) is 0 Å². The molecule has 0 saturated carbocycles. The van der Waals surface area contributed by atoms with Crippen LogP contribution in [0.4, 0.5) is 0 Å². The van der Waals surface area contributed by atoms with Crippen LogP contribution in [0.1, 0.15) is 0 Å². The van der Waals surface area contributed by atoms with E-state index >= 15 is 0 Å². The number of hydrogen-bond donors (Lipinski definition) is 0. The van der Waals surface area contributed by atoms with E-state index in [2.05, 4.69) is 0 Å². The molecule has 0 aliphatic rings. The molecular formula is H12MnO6+2. The van der Waals surface area contributed by atoms with Gasteiger partial charge in [0.2, 0.25) is 0 Å². The third kappa shape index (κ3) is 1470. The maximum absolute atomic E-state index is 0. The summed E-state index contributed by atoms with van der Waals surface area (Å²) in [6, 6.07) is 0. The van der Waals surface area contributed by atoms with Crippen LogP contribution in [0.25, 0.3) is 0 Å². The van der Waals surface area contributed by atoms with Crippen molar-refractivity contribution in [3.8, 4) is 0 Å². The third-order valence-corrected chi connectivity index (χ3v) is 0. The van der Waals surface area contributed by atoms with Crippen LogP contribution in [0.5, 0.6) is 0 Å². The van der Waals surface area contributed by atoms with E-state index in [1.165, 1.54) is 0 Å². The molecule has 0 bridgehead atoms.